The predicted molar refractivity (Wildman–Crippen MR) is 154 cm³/mol. The molecule has 0 bridgehead atoms. The van der Waals surface area contributed by atoms with Crippen LogP contribution in [0.4, 0.5) is 5.69 Å². The average molecular weight is 550 g/mol. The van der Waals surface area contributed by atoms with Crippen molar-refractivity contribution in [2.75, 3.05) is 31.1 Å². The molecular formula is C32H43N3O5. The molecule has 3 amide bonds. The predicted octanol–water partition coefficient (Wildman–Crippen LogP) is 3.39. The van der Waals surface area contributed by atoms with Gasteiger partial charge in [-0.25, -0.2) is 0 Å². The number of hydrogen-bond acceptors (Lipinski definition) is 5. The summed E-state index contributed by atoms with van der Waals surface area (Å²) in [6.45, 7) is 12.9. The van der Waals surface area contributed by atoms with Crippen molar-refractivity contribution in [2.45, 2.75) is 77.7 Å². The Bertz CT molecular complexity index is 1240. The lowest BCUT2D eigenvalue weighted by atomic mass is 9.74. The van der Waals surface area contributed by atoms with E-state index in [1.807, 2.05) is 84.0 Å². The standard InChI is InChI=1S/C32H43N3O5/c1-7-16-33-17-10-14-31(6)24(28(33)37)25-29(38)35(23(19-36)20(3)8-2)27-30(39)34(18-11-15-32(25,27)40-31)26-21(4)12-9-13-22(26)5/h9-15,20,23-25,27,36H,7-8,16-19H2,1-6H3/t20-,23-,24-,25-,27?,31+,32-/m0/s1. The summed E-state index contributed by atoms with van der Waals surface area (Å²) in [5.41, 5.74) is 0.354. The van der Waals surface area contributed by atoms with Crippen LogP contribution in [0.1, 0.15) is 51.7 Å². The maximum absolute atomic E-state index is 14.8. The smallest absolute Gasteiger partial charge is 0.253 e. The summed E-state index contributed by atoms with van der Waals surface area (Å²) in [5, 5.41) is 10.6. The van der Waals surface area contributed by atoms with Crippen LogP contribution in [0, 0.1) is 31.6 Å². The van der Waals surface area contributed by atoms with E-state index in [1.54, 1.807) is 14.7 Å². The first kappa shape index (κ1) is 28.6. The largest absolute Gasteiger partial charge is 0.394 e. The van der Waals surface area contributed by atoms with Crippen molar-refractivity contribution < 1.29 is 24.2 Å². The number of rotatable bonds is 7. The molecule has 0 saturated carbocycles. The van der Waals surface area contributed by atoms with Gasteiger partial charge in [-0.1, -0.05) is 69.7 Å². The minimum atomic E-state index is -1.34. The van der Waals surface area contributed by atoms with Crippen LogP contribution in [0.3, 0.4) is 0 Å². The molecule has 0 radical (unpaired) electrons. The van der Waals surface area contributed by atoms with E-state index in [-0.39, 0.29) is 30.2 Å². The number of carbonyl (C=O) groups is 3. The Kier molecular flexibility index (Phi) is 7.46. The summed E-state index contributed by atoms with van der Waals surface area (Å²) in [4.78, 5) is 48.7. The number of aryl methyl sites for hydroxylation is 2. The summed E-state index contributed by atoms with van der Waals surface area (Å²) in [6.07, 6.45) is 9.17. The van der Waals surface area contributed by atoms with Gasteiger partial charge in [0.2, 0.25) is 11.8 Å². The molecule has 7 atom stereocenters. The number of nitrogens with zero attached hydrogens (tertiary/aromatic N) is 3. The summed E-state index contributed by atoms with van der Waals surface area (Å²) >= 11 is 0. The minimum Gasteiger partial charge on any atom is -0.394 e. The molecule has 0 aromatic heterocycles. The normalized spacial score (nSPS) is 33.0. The summed E-state index contributed by atoms with van der Waals surface area (Å²) in [7, 11) is 0. The van der Waals surface area contributed by atoms with Gasteiger partial charge in [0, 0.05) is 25.3 Å². The third kappa shape index (κ3) is 4.05. The van der Waals surface area contributed by atoms with Gasteiger partial charge in [-0.15, -0.1) is 0 Å². The second-order valence-corrected chi connectivity index (χ2v) is 12.2. The van der Waals surface area contributed by atoms with E-state index in [4.69, 9.17) is 4.74 Å². The van der Waals surface area contributed by atoms with Crippen molar-refractivity contribution in [3.63, 3.8) is 0 Å². The van der Waals surface area contributed by atoms with E-state index in [1.165, 1.54) is 0 Å². The van der Waals surface area contributed by atoms with Crippen LogP contribution in [0.25, 0.3) is 0 Å². The fraction of sp³-hybridized carbons (Fsp3) is 0.594. The van der Waals surface area contributed by atoms with Crippen molar-refractivity contribution in [3.8, 4) is 0 Å². The monoisotopic (exact) mass is 549 g/mol. The van der Waals surface area contributed by atoms with Crippen molar-refractivity contribution in [1.82, 2.24) is 9.80 Å². The van der Waals surface area contributed by atoms with E-state index < -0.39 is 35.1 Å². The molecule has 1 unspecified atom stereocenters. The number of aliphatic hydroxyl groups is 1. The fourth-order valence-electron chi connectivity index (χ4n) is 7.59. The molecule has 40 heavy (non-hydrogen) atoms. The number of para-hydroxylation sites is 1. The molecule has 4 aliphatic rings. The molecule has 1 N–H and O–H groups in total. The van der Waals surface area contributed by atoms with Crippen molar-refractivity contribution in [2.24, 2.45) is 17.8 Å². The van der Waals surface area contributed by atoms with E-state index in [0.717, 1.165) is 29.7 Å². The molecule has 0 aliphatic carbocycles. The second kappa shape index (κ2) is 10.5. The van der Waals surface area contributed by atoms with Gasteiger partial charge in [-0.2, -0.15) is 0 Å². The first-order valence-corrected chi connectivity index (χ1v) is 14.7. The maximum atomic E-state index is 14.8. The van der Waals surface area contributed by atoms with Crippen LogP contribution < -0.4 is 4.90 Å². The van der Waals surface area contributed by atoms with Crippen LogP contribution >= 0.6 is 0 Å². The molecule has 4 aliphatic heterocycles. The molecule has 1 aromatic rings. The van der Waals surface area contributed by atoms with Gasteiger partial charge < -0.3 is 24.5 Å². The van der Waals surface area contributed by atoms with Crippen molar-refractivity contribution in [3.05, 3.63) is 53.6 Å². The van der Waals surface area contributed by atoms with Gasteiger partial charge in [0.25, 0.3) is 5.91 Å². The molecule has 8 heteroatoms. The first-order valence-electron chi connectivity index (χ1n) is 14.7. The highest BCUT2D eigenvalue weighted by Gasteiger charge is 2.75. The maximum Gasteiger partial charge on any atom is 0.253 e. The lowest BCUT2D eigenvalue weighted by molar-refractivity contribution is -0.152. The third-order valence-electron chi connectivity index (χ3n) is 9.63. The Labute approximate surface area is 237 Å². The van der Waals surface area contributed by atoms with Gasteiger partial charge in [0.15, 0.2) is 0 Å². The fourth-order valence-corrected chi connectivity index (χ4v) is 7.59. The lowest BCUT2D eigenvalue weighted by Crippen LogP contribution is -2.60. The number of aliphatic hydroxyl groups excluding tert-OH is 1. The van der Waals surface area contributed by atoms with Crippen LogP contribution in [0.2, 0.25) is 0 Å². The van der Waals surface area contributed by atoms with Gasteiger partial charge in [-0.3, -0.25) is 14.4 Å². The molecule has 2 fully saturated rings. The molecule has 4 heterocycles. The van der Waals surface area contributed by atoms with Crippen LogP contribution in [0.5, 0.6) is 0 Å². The van der Waals surface area contributed by atoms with Gasteiger partial charge >= 0.3 is 0 Å². The number of hydrogen-bond donors (Lipinski definition) is 1. The van der Waals surface area contributed by atoms with E-state index in [0.29, 0.717) is 19.6 Å². The SMILES string of the molecule is CCCN1CC=C[C@@]2(C)O[C@]34C=CCN(c5c(C)cccc5C)C(=O)C3N([C@@H](CO)[C@@H](C)CC)C(=O)[C@@H]4[C@H]2C1=O. The van der Waals surface area contributed by atoms with Crippen LogP contribution in [-0.4, -0.2) is 82.2 Å². The highest BCUT2D eigenvalue weighted by molar-refractivity contribution is 6.06. The minimum absolute atomic E-state index is 0.0637. The van der Waals surface area contributed by atoms with E-state index in [2.05, 4.69) is 0 Å². The first-order chi connectivity index (χ1) is 19.1. The van der Waals surface area contributed by atoms with Crippen LogP contribution in [0.15, 0.2) is 42.5 Å². The number of carbonyl (C=O) groups excluding carboxylic acids is 3. The second-order valence-electron chi connectivity index (χ2n) is 12.2. The molecule has 8 nitrogen and oxygen atoms in total. The van der Waals surface area contributed by atoms with Crippen LogP contribution in [-0.2, 0) is 19.1 Å². The summed E-state index contributed by atoms with van der Waals surface area (Å²) in [6, 6.07) is 4.32. The lowest BCUT2D eigenvalue weighted by Gasteiger charge is -2.41. The molecule has 1 aromatic carbocycles. The topological polar surface area (TPSA) is 90.4 Å². The molecule has 5 rings (SSSR count). The summed E-state index contributed by atoms with van der Waals surface area (Å²) < 4.78 is 6.94. The Hall–Kier alpha value is -2.97. The Morgan fingerprint density at radius 1 is 1.00 bits per heavy atom. The summed E-state index contributed by atoms with van der Waals surface area (Å²) in [5.74, 6) is -2.38. The van der Waals surface area contributed by atoms with Gasteiger partial charge in [0.1, 0.15) is 11.6 Å². The number of anilines is 1. The Balaban J connectivity index is 1.71. The van der Waals surface area contributed by atoms with Crippen molar-refractivity contribution >= 4 is 23.4 Å². The van der Waals surface area contributed by atoms with E-state index >= 15 is 0 Å². The zero-order valence-corrected chi connectivity index (χ0v) is 24.6. The number of fused-ring (bicyclic) bond motifs is 2. The number of likely N-dealkylation sites (tertiary alicyclic amines) is 1. The zero-order valence-electron chi connectivity index (χ0n) is 24.6. The quantitative estimate of drug-likeness (QED) is 0.527. The molecular weight excluding hydrogens is 506 g/mol. The average Bonchev–Trinajstić information content (AvgIpc) is 3.19. The highest BCUT2D eigenvalue weighted by Crippen LogP contribution is 2.58. The number of benzene rings is 1. The zero-order chi connectivity index (χ0) is 29.0. The van der Waals surface area contributed by atoms with Crippen molar-refractivity contribution in [1.29, 1.82) is 0 Å². The van der Waals surface area contributed by atoms with E-state index in [9.17, 15) is 19.5 Å². The number of ether oxygens (including phenoxy) is 1. The Morgan fingerprint density at radius 3 is 2.30 bits per heavy atom. The van der Waals surface area contributed by atoms with Gasteiger partial charge in [-0.05, 0) is 44.2 Å². The molecule has 2 saturated heterocycles. The third-order valence-corrected chi connectivity index (χ3v) is 9.63. The molecule has 216 valence electrons. The number of amides is 3. The Morgan fingerprint density at radius 2 is 1.68 bits per heavy atom. The highest BCUT2D eigenvalue weighted by atomic mass is 16.5. The van der Waals surface area contributed by atoms with Gasteiger partial charge in [0.05, 0.1) is 30.1 Å². The molecule has 1 spiro atoms.